The number of thioether (sulfide) groups is 1. The third-order valence-corrected chi connectivity index (χ3v) is 4.20. The van der Waals surface area contributed by atoms with Gasteiger partial charge in [0.15, 0.2) is 0 Å². The lowest BCUT2D eigenvalue weighted by atomic mass is 10.0. The zero-order valence-electron chi connectivity index (χ0n) is 11.3. The van der Waals surface area contributed by atoms with E-state index in [1.165, 1.54) is 18.1 Å². The molecule has 1 aliphatic heterocycles. The van der Waals surface area contributed by atoms with Crippen LogP contribution in [0.2, 0.25) is 0 Å². The van der Waals surface area contributed by atoms with Gasteiger partial charge < -0.3 is 10.0 Å². The molecule has 0 amide bonds. The molecule has 6 heteroatoms. The first-order valence-electron chi connectivity index (χ1n) is 6.35. The molecule has 0 aliphatic carbocycles. The van der Waals surface area contributed by atoms with Crippen LogP contribution in [0.4, 0.5) is 0 Å². The van der Waals surface area contributed by atoms with Gasteiger partial charge in [-0.25, -0.2) is 0 Å². The van der Waals surface area contributed by atoms with Gasteiger partial charge >= 0.3 is 5.97 Å². The van der Waals surface area contributed by atoms with Crippen LogP contribution in [0.5, 0.6) is 0 Å². The standard InChI is InChI=1S/C12H24N2O2S.ClH/c1-3-17-9-8-14-6-4-11(5-7-14)13(2)10-12(15)16;/h11H,3-10H2,1-2H3,(H,15,16);1H. The lowest BCUT2D eigenvalue weighted by Crippen LogP contribution is -2.45. The van der Waals surface area contributed by atoms with E-state index >= 15 is 0 Å². The second-order valence-corrected chi connectivity index (χ2v) is 5.97. The third kappa shape index (κ3) is 6.83. The molecule has 1 rings (SSSR count). The van der Waals surface area contributed by atoms with E-state index in [9.17, 15) is 4.79 Å². The fraction of sp³-hybridized carbons (Fsp3) is 0.917. The molecule has 1 aliphatic rings. The van der Waals surface area contributed by atoms with Crippen LogP contribution in [0.3, 0.4) is 0 Å². The fourth-order valence-electron chi connectivity index (χ4n) is 2.26. The molecule has 1 heterocycles. The number of likely N-dealkylation sites (N-methyl/N-ethyl adjacent to an activating group) is 1. The van der Waals surface area contributed by atoms with E-state index in [4.69, 9.17) is 5.11 Å². The monoisotopic (exact) mass is 296 g/mol. The molecule has 0 atom stereocenters. The van der Waals surface area contributed by atoms with Gasteiger partial charge in [-0.2, -0.15) is 11.8 Å². The summed E-state index contributed by atoms with van der Waals surface area (Å²) in [5.41, 5.74) is 0. The topological polar surface area (TPSA) is 43.8 Å². The molecule has 108 valence electrons. The Balaban J connectivity index is 0.00000289. The number of halogens is 1. The summed E-state index contributed by atoms with van der Waals surface area (Å²) in [5.74, 6) is 1.68. The third-order valence-electron chi connectivity index (χ3n) is 3.32. The van der Waals surface area contributed by atoms with Gasteiger partial charge in [-0.3, -0.25) is 9.69 Å². The number of aliphatic carboxylic acids is 1. The number of piperidine rings is 1. The predicted molar refractivity (Wildman–Crippen MR) is 80.0 cm³/mol. The minimum Gasteiger partial charge on any atom is -0.480 e. The smallest absolute Gasteiger partial charge is 0.317 e. The molecule has 0 saturated carbocycles. The maximum Gasteiger partial charge on any atom is 0.317 e. The van der Waals surface area contributed by atoms with Gasteiger partial charge in [0.2, 0.25) is 0 Å². The Morgan fingerprint density at radius 2 is 2.06 bits per heavy atom. The van der Waals surface area contributed by atoms with Crippen molar-refractivity contribution in [1.82, 2.24) is 9.80 Å². The Morgan fingerprint density at radius 1 is 1.44 bits per heavy atom. The Hall–Kier alpha value is 0.0300. The molecular formula is C12H25ClN2O2S. The first kappa shape index (κ1) is 18.0. The van der Waals surface area contributed by atoms with Crippen molar-refractivity contribution >= 4 is 30.1 Å². The van der Waals surface area contributed by atoms with Crippen LogP contribution >= 0.6 is 24.2 Å². The first-order chi connectivity index (χ1) is 8.13. The van der Waals surface area contributed by atoms with Gasteiger partial charge in [0.25, 0.3) is 0 Å². The number of carboxylic acids is 1. The summed E-state index contributed by atoms with van der Waals surface area (Å²) in [7, 11) is 1.92. The highest BCUT2D eigenvalue weighted by molar-refractivity contribution is 7.99. The molecule has 0 aromatic rings. The summed E-state index contributed by atoms with van der Waals surface area (Å²) in [5, 5.41) is 8.75. The SMILES string of the molecule is CCSCCN1CCC(N(C)CC(=O)O)CC1.Cl. The van der Waals surface area contributed by atoms with Crippen molar-refractivity contribution in [2.75, 3.05) is 44.7 Å². The summed E-state index contributed by atoms with van der Waals surface area (Å²) in [4.78, 5) is 15.1. The normalized spacial score (nSPS) is 17.7. The van der Waals surface area contributed by atoms with Gasteiger partial charge in [0, 0.05) is 18.3 Å². The Morgan fingerprint density at radius 3 is 2.56 bits per heavy atom. The molecule has 0 aromatic heterocycles. The number of hydrogen-bond donors (Lipinski definition) is 1. The molecule has 0 unspecified atom stereocenters. The van der Waals surface area contributed by atoms with Crippen molar-refractivity contribution in [3.05, 3.63) is 0 Å². The van der Waals surface area contributed by atoms with Gasteiger partial charge in [0.1, 0.15) is 0 Å². The minimum absolute atomic E-state index is 0. The van der Waals surface area contributed by atoms with Gasteiger partial charge in [-0.05, 0) is 38.7 Å². The van der Waals surface area contributed by atoms with Crippen molar-refractivity contribution in [3.8, 4) is 0 Å². The van der Waals surface area contributed by atoms with E-state index in [1.807, 2.05) is 23.7 Å². The number of hydrogen-bond acceptors (Lipinski definition) is 4. The van der Waals surface area contributed by atoms with E-state index in [2.05, 4.69) is 11.8 Å². The number of carboxylic acid groups (broad SMARTS) is 1. The zero-order valence-corrected chi connectivity index (χ0v) is 12.9. The van der Waals surface area contributed by atoms with Crippen LogP contribution in [0, 0.1) is 0 Å². The van der Waals surface area contributed by atoms with E-state index in [0.717, 1.165) is 25.9 Å². The van der Waals surface area contributed by atoms with Gasteiger partial charge in [-0.15, -0.1) is 12.4 Å². The molecule has 0 spiro atoms. The zero-order chi connectivity index (χ0) is 12.7. The van der Waals surface area contributed by atoms with Crippen LogP contribution in [-0.4, -0.2) is 71.6 Å². The molecule has 18 heavy (non-hydrogen) atoms. The first-order valence-corrected chi connectivity index (χ1v) is 7.51. The summed E-state index contributed by atoms with van der Waals surface area (Å²) >= 11 is 1.99. The number of carbonyl (C=O) groups is 1. The largest absolute Gasteiger partial charge is 0.480 e. The van der Waals surface area contributed by atoms with Crippen LogP contribution in [0.25, 0.3) is 0 Å². The van der Waals surface area contributed by atoms with Crippen molar-refractivity contribution < 1.29 is 9.90 Å². The highest BCUT2D eigenvalue weighted by Crippen LogP contribution is 2.15. The molecule has 0 bridgehead atoms. The number of likely N-dealkylation sites (tertiary alicyclic amines) is 1. The molecule has 1 fully saturated rings. The lowest BCUT2D eigenvalue weighted by Gasteiger charge is -2.36. The summed E-state index contributed by atoms with van der Waals surface area (Å²) < 4.78 is 0. The highest BCUT2D eigenvalue weighted by Gasteiger charge is 2.22. The van der Waals surface area contributed by atoms with Crippen LogP contribution in [0.15, 0.2) is 0 Å². The Labute approximate surface area is 120 Å². The Kier molecular flexibility index (Phi) is 9.91. The van der Waals surface area contributed by atoms with Crippen LogP contribution in [0.1, 0.15) is 19.8 Å². The van der Waals surface area contributed by atoms with Crippen LogP contribution in [-0.2, 0) is 4.79 Å². The van der Waals surface area contributed by atoms with Gasteiger partial charge in [-0.1, -0.05) is 6.92 Å². The van der Waals surface area contributed by atoms with Crippen molar-refractivity contribution in [2.24, 2.45) is 0 Å². The van der Waals surface area contributed by atoms with Crippen molar-refractivity contribution in [3.63, 3.8) is 0 Å². The van der Waals surface area contributed by atoms with Crippen molar-refractivity contribution in [2.45, 2.75) is 25.8 Å². The summed E-state index contributed by atoms with van der Waals surface area (Å²) in [6.07, 6.45) is 2.20. The molecular weight excluding hydrogens is 272 g/mol. The molecule has 1 saturated heterocycles. The average molecular weight is 297 g/mol. The highest BCUT2D eigenvalue weighted by atomic mass is 35.5. The maximum absolute atomic E-state index is 10.6. The van der Waals surface area contributed by atoms with Gasteiger partial charge in [0.05, 0.1) is 6.54 Å². The molecule has 0 aromatic carbocycles. The predicted octanol–water partition coefficient (Wildman–Crippen LogP) is 1.64. The maximum atomic E-state index is 10.6. The molecule has 4 nitrogen and oxygen atoms in total. The lowest BCUT2D eigenvalue weighted by molar-refractivity contribution is -0.138. The molecule has 0 radical (unpaired) electrons. The Bertz CT molecular complexity index is 236. The minimum atomic E-state index is -0.728. The average Bonchev–Trinajstić information content (AvgIpc) is 2.29. The van der Waals surface area contributed by atoms with E-state index < -0.39 is 5.97 Å². The van der Waals surface area contributed by atoms with E-state index in [1.54, 1.807) is 0 Å². The quantitative estimate of drug-likeness (QED) is 0.724. The van der Waals surface area contributed by atoms with Crippen LogP contribution < -0.4 is 0 Å². The number of nitrogens with zero attached hydrogens (tertiary/aromatic N) is 2. The van der Waals surface area contributed by atoms with E-state index in [0.29, 0.717) is 6.04 Å². The molecule has 1 N–H and O–H groups in total. The summed E-state index contributed by atoms with van der Waals surface area (Å²) in [6, 6.07) is 0.446. The van der Waals surface area contributed by atoms with E-state index in [-0.39, 0.29) is 19.0 Å². The number of rotatable bonds is 7. The summed E-state index contributed by atoms with van der Waals surface area (Å²) in [6.45, 7) is 5.75. The second kappa shape index (κ2) is 9.89. The second-order valence-electron chi connectivity index (χ2n) is 4.58. The fourth-order valence-corrected chi connectivity index (χ4v) is 2.94. The van der Waals surface area contributed by atoms with Crippen molar-refractivity contribution in [1.29, 1.82) is 0 Å².